The molecular formula is C19H19ClO3. The number of methoxy groups -OCH3 is 1. The molecule has 4 heteroatoms. The summed E-state index contributed by atoms with van der Waals surface area (Å²) in [6, 6.07) is 13.2. The highest BCUT2D eigenvalue weighted by Crippen LogP contribution is 2.28. The van der Waals surface area contributed by atoms with Gasteiger partial charge in [0.15, 0.2) is 0 Å². The van der Waals surface area contributed by atoms with Crippen LogP contribution in [0, 0.1) is 6.92 Å². The molecule has 0 saturated heterocycles. The average Bonchev–Trinajstić information content (AvgIpc) is 2.52. The third-order valence-corrected chi connectivity index (χ3v) is 3.52. The summed E-state index contributed by atoms with van der Waals surface area (Å²) in [5, 5.41) is 0.628. The Morgan fingerprint density at radius 3 is 2.39 bits per heavy atom. The smallest absolute Gasteiger partial charge is 0.331 e. The Labute approximate surface area is 141 Å². The molecule has 0 amide bonds. The summed E-state index contributed by atoms with van der Waals surface area (Å²) >= 11 is 6.16. The lowest BCUT2D eigenvalue weighted by atomic mass is 9.96. The van der Waals surface area contributed by atoms with Crippen molar-refractivity contribution in [2.75, 3.05) is 13.7 Å². The summed E-state index contributed by atoms with van der Waals surface area (Å²) in [6.45, 7) is 4.08. The lowest BCUT2D eigenvalue weighted by Crippen LogP contribution is -2.02. The van der Waals surface area contributed by atoms with Gasteiger partial charge in [0.1, 0.15) is 5.75 Å². The van der Waals surface area contributed by atoms with E-state index in [1.54, 1.807) is 14.0 Å². The van der Waals surface area contributed by atoms with Crippen LogP contribution in [-0.4, -0.2) is 19.7 Å². The van der Waals surface area contributed by atoms with E-state index in [2.05, 4.69) is 0 Å². The zero-order valence-electron chi connectivity index (χ0n) is 13.4. The molecule has 0 N–H and O–H groups in total. The van der Waals surface area contributed by atoms with Crippen LogP contribution in [0.25, 0.3) is 5.57 Å². The van der Waals surface area contributed by atoms with Gasteiger partial charge in [-0.25, -0.2) is 4.79 Å². The van der Waals surface area contributed by atoms with Crippen LogP contribution in [0.5, 0.6) is 5.75 Å². The molecule has 0 fully saturated rings. The van der Waals surface area contributed by atoms with Gasteiger partial charge < -0.3 is 9.47 Å². The molecule has 0 spiro atoms. The Morgan fingerprint density at radius 2 is 1.83 bits per heavy atom. The lowest BCUT2D eigenvalue weighted by molar-refractivity contribution is -0.137. The molecule has 2 aromatic rings. The normalized spacial score (nSPS) is 11.2. The molecule has 0 aromatic heterocycles. The van der Waals surface area contributed by atoms with E-state index in [0.29, 0.717) is 11.6 Å². The molecule has 0 saturated carbocycles. The maximum Gasteiger partial charge on any atom is 0.331 e. The highest BCUT2D eigenvalue weighted by molar-refractivity contribution is 6.30. The van der Waals surface area contributed by atoms with Crippen molar-refractivity contribution >= 4 is 23.1 Å². The average molecular weight is 331 g/mol. The van der Waals surface area contributed by atoms with E-state index in [9.17, 15) is 4.79 Å². The largest absolute Gasteiger partial charge is 0.497 e. The number of carbonyl (C=O) groups is 1. The van der Waals surface area contributed by atoms with E-state index in [0.717, 1.165) is 28.0 Å². The molecule has 2 aromatic carbocycles. The Balaban J connectivity index is 2.52. The van der Waals surface area contributed by atoms with E-state index in [1.807, 2.05) is 49.4 Å². The molecule has 0 aliphatic carbocycles. The van der Waals surface area contributed by atoms with Gasteiger partial charge in [0.05, 0.1) is 13.7 Å². The zero-order valence-corrected chi connectivity index (χ0v) is 14.2. The van der Waals surface area contributed by atoms with Crippen molar-refractivity contribution in [3.8, 4) is 5.75 Å². The second kappa shape index (κ2) is 7.84. The Morgan fingerprint density at radius 1 is 1.13 bits per heavy atom. The number of esters is 1. The Bertz CT molecular complexity index is 698. The van der Waals surface area contributed by atoms with Crippen LogP contribution in [0.4, 0.5) is 0 Å². The molecule has 23 heavy (non-hydrogen) atoms. The van der Waals surface area contributed by atoms with Gasteiger partial charge in [-0.05, 0) is 60.4 Å². The van der Waals surface area contributed by atoms with Gasteiger partial charge in [-0.3, -0.25) is 0 Å². The first-order valence-electron chi connectivity index (χ1n) is 7.34. The fourth-order valence-electron chi connectivity index (χ4n) is 2.30. The molecule has 2 rings (SSSR count). The third kappa shape index (κ3) is 4.60. The van der Waals surface area contributed by atoms with E-state index in [4.69, 9.17) is 21.1 Å². The van der Waals surface area contributed by atoms with Gasteiger partial charge >= 0.3 is 5.97 Å². The monoisotopic (exact) mass is 330 g/mol. The third-order valence-electron chi connectivity index (χ3n) is 3.30. The van der Waals surface area contributed by atoms with E-state index in [-0.39, 0.29) is 5.97 Å². The first-order chi connectivity index (χ1) is 11.0. The van der Waals surface area contributed by atoms with Gasteiger partial charge in [-0.2, -0.15) is 0 Å². The fourth-order valence-corrected chi connectivity index (χ4v) is 2.59. The van der Waals surface area contributed by atoms with Crippen LogP contribution in [0.15, 0.2) is 48.5 Å². The molecule has 0 aliphatic heterocycles. The predicted molar refractivity (Wildman–Crippen MR) is 92.9 cm³/mol. The van der Waals surface area contributed by atoms with Gasteiger partial charge in [-0.15, -0.1) is 0 Å². The van der Waals surface area contributed by atoms with Gasteiger partial charge in [0, 0.05) is 11.1 Å². The van der Waals surface area contributed by atoms with Crippen LogP contribution in [0.1, 0.15) is 23.6 Å². The minimum absolute atomic E-state index is 0.333. The summed E-state index contributed by atoms with van der Waals surface area (Å²) in [5.74, 6) is 0.377. The highest BCUT2D eigenvalue weighted by atomic mass is 35.5. The standard InChI is InChI=1S/C19H19ClO3/c1-4-23-19(21)12-18(14-5-7-17(22-3)8-6-14)15-9-13(2)10-16(20)11-15/h5-12H,4H2,1-3H3/b18-12-. The number of carbonyl (C=O) groups excluding carboxylic acids is 1. The van der Waals surface area contributed by atoms with Crippen LogP contribution in [-0.2, 0) is 9.53 Å². The Kier molecular flexibility index (Phi) is 5.83. The molecule has 0 unspecified atom stereocenters. The van der Waals surface area contributed by atoms with Gasteiger partial charge in [0.25, 0.3) is 0 Å². The molecule has 0 aliphatic rings. The Hall–Kier alpha value is -2.26. The molecule has 0 bridgehead atoms. The van der Waals surface area contributed by atoms with Crippen molar-refractivity contribution in [1.29, 1.82) is 0 Å². The first-order valence-corrected chi connectivity index (χ1v) is 7.71. The topological polar surface area (TPSA) is 35.5 Å². The van der Waals surface area contributed by atoms with Crippen LogP contribution in [0.3, 0.4) is 0 Å². The molecule has 3 nitrogen and oxygen atoms in total. The van der Waals surface area contributed by atoms with E-state index >= 15 is 0 Å². The fraction of sp³-hybridized carbons (Fsp3) is 0.211. The van der Waals surface area contributed by atoms with E-state index < -0.39 is 0 Å². The minimum Gasteiger partial charge on any atom is -0.497 e. The predicted octanol–water partition coefficient (Wildman–Crippen LogP) is 4.65. The number of halogens is 1. The van der Waals surface area contributed by atoms with Crippen molar-refractivity contribution in [1.82, 2.24) is 0 Å². The molecule has 0 atom stereocenters. The molecule has 120 valence electrons. The number of benzene rings is 2. The van der Waals surface area contributed by atoms with Crippen LogP contribution in [0.2, 0.25) is 5.02 Å². The summed E-state index contributed by atoms with van der Waals surface area (Å²) in [7, 11) is 1.62. The van der Waals surface area contributed by atoms with Crippen molar-refractivity contribution in [2.45, 2.75) is 13.8 Å². The van der Waals surface area contributed by atoms with Crippen LogP contribution >= 0.6 is 11.6 Å². The molecule has 0 radical (unpaired) electrons. The molecular weight excluding hydrogens is 312 g/mol. The second-order valence-electron chi connectivity index (χ2n) is 5.06. The van der Waals surface area contributed by atoms with Crippen molar-refractivity contribution in [3.05, 3.63) is 70.3 Å². The van der Waals surface area contributed by atoms with Crippen molar-refractivity contribution in [2.24, 2.45) is 0 Å². The van der Waals surface area contributed by atoms with Gasteiger partial charge in [0.2, 0.25) is 0 Å². The van der Waals surface area contributed by atoms with Crippen LogP contribution < -0.4 is 4.74 Å². The summed E-state index contributed by atoms with van der Waals surface area (Å²) in [5.41, 5.74) is 3.54. The summed E-state index contributed by atoms with van der Waals surface area (Å²) in [6.07, 6.45) is 1.50. The zero-order chi connectivity index (χ0) is 16.8. The first kappa shape index (κ1) is 17.1. The SMILES string of the molecule is CCOC(=O)/C=C(/c1ccc(OC)cc1)c1cc(C)cc(Cl)c1. The number of ether oxygens (including phenoxy) is 2. The second-order valence-corrected chi connectivity index (χ2v) is 5.49. The summed E-state index contributed by atoms with van der Waals surface area (Å²) in [4.78, 5) is 11.9. The maximum atomic E-state index is 11.9. The van der Waals surface area contributed by atoms with E-state index in [1.165, 1.54) is 6.08 Å². The maximum absolute atomic E-state index is 11.9. The summed E-state index contributed by atoms with van der Waals surface area (Å²) < 4.78 is 10.2. The highest BCUT2D eigenvalue weighted by Gasteiger charge is 2.10. The van der Waals surface area contributed by atoms with Gasteiger partial charge in [-0.1, -0.05) is 29.8 Å². The molecule has 0 heterocycles. The van der Waals surface area contributed by atoms with Crippen molar-refractivity contribution in [3.63, 3.8) is 0 Å². The minimum atomic E-state index is -0.379. The number of hydrogen-bond acceptors (Lipinski definition) is 3. The van der Waals surface area contributed by atoms with Crippen molar-refractivity contribution < 1.29 is 14.3 Å². The lowest BCUT2D eigenvalue weighted by Gasteiger charge is -2.11. The number of rotatable bonds is 5. The number of aryl methyl sites for hydroxylation is 1. The number of hydrogen-bond donors (Lipinski definition) is 0. The quantitative estimate of drug-likeness (QED) is 0.591.